The van der Waals surface area contributed by atoms with Crippen LogP contribution >= 0.6 is 12.4 Å². The number of hydrogen-bond donors (Lipinski definition) is 0. The van der Waals surface area contributed by atoms with Gasteiger partial charge in [-0.1, -0.05) is 54.6 Å². The highest BCUT2D eigenvalue weighted by Crippen LogP contribution is 2.20. The van der Waals surface area contributed by atoms with Crippen LogP contribution in [0.15, 0.2) is 79.1 Å². The topological polar surface area (TPSA) is 53.5 Å². The summed E-state index contributed by atoms with van der Waals surface area (Å²) in [5, 5.41) is 0. The Labute approximate surface area is 189 Å². The van der Waals surface area contributed by atoms with Crippen molar-refractivity contribution >= 4 is 29.8 Å². The van der Waals surface area contributed by atoms with Crippen molar-refractivity contribution in [3.8, 4) is 11.1 Å². The van der Waals surface area contributed by atoms with Gasteiger partial charge in [0, 0.05) is 62.7 Å². The van der Waals surface area contributed by atoms with Gasteiger partial charge >= 0.3 is 0 Å². The second kappa shape index (κ2) is 10.7. The molecule has 31 heavy (non-hydrogen) atoms. The van der Waals surface area contributed by atoms with E-state index in [0.717, 1.165) is 29.9 Å². The number of nitrogens with zero attached hydrogens (tertiary/aromatic N) is 3. The maximum Gasteiger partial charge on any atom is 0.223 e. The van der Waals surface area contributed by atoms with Gasteiger partial charge in [-0.2, -0.15) is 0 Å². The lowest BCUT2D eigenvalue weighted by molar-refractivity contribution is -0.131. The zero-order valence-electron chi connectivity index (χ0n) is 17.3. The lowest BCUT2D eigenvalue weighted by atomic mass is 10.0. The van der Waals surface area contributed by atoms with E-state index in [9.17, 15) is 9.59 Å². The SMILES string of the molecule is Cl.O=C(CCC(=O)N1CCN(c2ccncc2)CC1)c1ccc(-c2ccccc2)cc1. The first-order valence-corrected chi connectivity index (χ1v) is 10.3. The molecule has 1 aromatic heterocycles. The van der Waals surface area contributed by atoms with Gasteiger partial charge in [-0.25, -0.2) is 0 Å². The van der Waals surface area contributed by atoms with E-state index < -0.39 is 0 Å². The maximum absolute atomic E-state index is 12.6. The summed E-state index contributed by atoms with van der Waals surface area (Å²) in [6.07, 6.45) is 4.07. The molecule has 0 aliphatic carbocycles. The van der Waals surface area contributed by atoms with Crippen molar-refractivity contribution < 1.29 is 9.59 Å². The molecular formula is C25H26ClN3O2. The van der Waals surface area contributed by atoms with Crippen molar-refractivity contribution in [2.75, 3.05) is 31.1 Å². The third-order valence-electron chi connectivity index (χ3n) is 5.54. The third-order valence-corrected chi connectivity index (χ3v) is 5.54. The van der Waals surface area contributed by atoms with Crippen LogP contribution in [0, 0.1) is 0 Å². The Morgan fingerprint density at radius 2 is 1.35 bits per heavy atom. The van der Waals surface area contributed by atoms with E-state index in [-0.39, 0.29) is 36.9 Å². The molecule has 1 saturated heterocycles. The molecule has 2 heterocycles. The molecule has 0 atom stereocenters. The smallest absolute Gasteiger partial charge is 0.223 e. The highest BCUT2D eigenvalue weighted by molar-refractivity contribution is 5.98. The summed E-state index contributed by atoms with van der Waals surface area (Å²) >= 11 is 0. The quantitative estimate of drug-likeness (QED) is 0.535. The Morgan fingerprint density at radius 1 is 0.742 bits per heavy atom. The largest absolute Gasteiger partial charge is 0.368 e. The lowest BCUT2D eigenvalue weighted by Gasteiger charge is -2.36. The number of amides is 1. The second-order valence-corrected chi connectivity index (χ2v) is 7.44. The van der Waals surface area contributed by atoms with Crippen LogP contribution in [0.4, 0.5) is 5.69 Å². The maximum atomic E-state index is 12.6. The number of carbonyl (C=O) groups excluding carboxylic acids is 2. The molecule has 2 aromatic carbocycles. The van der Waals surface area contributed by atoms with Gasteiger partial charge in [-0.3, -0.25) is 14.6 Å². The van der Waals surface area contributed by atoms with Crippen LogP contribution in [0.1, 0.15) is 23.2 Å². The van der Waals surface area contributed by atoms with E-state index in [1.807, 2.05) is 71.6 Å². The number of rotatable bonds is 6. The van der Waals surface area contributed by atoms with E-state index in [4.69, 9.17) is 0 Å². The zero-order chi connectivity index (χ0) is 20.8. The van der Waals surface area contributed by atoms with E-state index in [1.54, 1.807) is 12.4 Å². The van der Waals surface area contributed by atoms with Crippen LogP contribution in [0.25, 0.3) is 11.1 Å². The van der Waals surface area contributed by atoms with Gasteiger partial charge in [0.25, 0.3) is 0 Å². The highest BCUT2D eigenvalue weighted by atomic mass is 35.5. The molecule has 1 fully saturated rings. The fourth-order valence-electron chi connectivity index (χ4n) is 3.77. The Hall–Kier alpha value is -3.18. The summed E-state index contributed by atoms with van der Waals surface area (Å²) in [6.45, 7) is 2.96. The molecule has 3 aromatic rings. The first-order chi connectivity index (χ1) is 14.7. The summed E-state index contributed by atoms with van der Waals surface area (Å²) in [6, 6.07) is 21.7. The second-order valence-electron chi connectivity index (χ2n) is 7.44. The van der Waals surface area contributed by atoms with Gasteiger partial charge in [0.1, 0.15) is 0 Å². The van der Waals surface area contributed by atoms with Crippen molar-refractivity contribution in [3.63, 3.8) is 0 Å². The van der Waals surface area contributed by atoms with Crippen molar-refractivity contribution in [2.24, 2.45) is 0 Å². The van der Waals surface area contributed by atoms with Gasteiger partial charge in [0.05, 0.1) is 0 Å². The van der Waals surface area contributed by atoms with Crippen LogP contribution in [0.3, 0.4) is 0 Å². The normalized spacial score (nSPS) is 13.4. The van der Waals surface area contributed by atoms with Crippen molar-refractivity contribution in [2.45, 2.75) is 12.8 Å². The predicted octanol–water partition coefficient (Wildman–Crippen LogP) is 4.48. The monoisotopic (exact) mass is 435 g/mol. The number of anilines is 1. The van der Waals surface area contributed by atoms with Crippen LogP contribution in [-0.4, -0.2) is 47.8 Å². The predicted molar refractivity (Wildman–Crippen MR) is 126 cm³/mol. The lowest BCUT2D eigenvalue weighted by Crippen LogP contribution is -2.48. The summed E-state index contributed by atoms with van der Waals surface area (Å²) in [5.41, 5.74) is 3.99. The third kappa shape index (κ3) is 5.70. The molecule has 0 N–H and O–H groups in total. The zero-order valence-corrected chi connectivity index (χ0v) is 18.1. The van der Waals surface area contributed by atoms with Crippen molar-refractivity contribution in [1.82, 2.24) is 9.88 Å². The molecule has 1 aliphatic rings. The van der Waals surface area contributed by atoms with Crippen LogP contribution in [-0.2, 0) is 4.79 Å². The number of ketones is 1. The van der Waals surface area contributed by atoms with E-state index in [1.165, 1.54) is 0 Å². The Kier molecular flexibility index (Phi) is 7.79. The Morgan fingerprint density at radius 3 is 2.00 bits per heavy atom. The fourth-order valence-corrected chi connectivity index (χ4v) is 3.77. The minimum Gasteiger partial charge on any atom is -0.368 e. The number of hydrogen-bond acceptors (Lipinski definition) is 4. The van der Waals surface area contributed by atoms with Crippen molar-refractivity contribution in [1.29, 1.82) is 0 Å². The van der Waals surface area contributed by atoms with Crippen LogP contribution in [0.2, 0.25) is 0 Å². The van der Waals surface area contributed by atoms with E-state index >= 15 is 0 Å². The molecule has 0 spiro atoms. The molecule has 0 radical (unpaired) electrons. The number of Topliss-reactive ketones (excluding diaryl/α,β-unsaturated/α-hetero) is 1. The number of aromatic nitrogens is 1. The number of halogens is 1. The average molecular weight is 436 g/mol. The molecule has 0 saturated carbocycles. The number of benzene rings is 2. The van der Waals surface area contributed by atoms with Crippen molar-refractivity contribution in [3.05, 3.63) is 84.7 Å². The minimum absolute atomic E-state index is 0. The molecule has 0 unspecified atom stereocenters. The summed E-state index contributed by atoms with van der Waals surface area (Å²) in [4.78, 5) is 33.3. The fraction of sp³-hybridized carbons (Fsp3) is 0.240. The minimum atomic E-state index is 0. The standard InChI is InChI=1S/C25H25N3O2.ClH/c29-24(22-8-6-21(7-9-22)20-4-2-1-3-5-20)10-11-25(30)28-18-16-27(17-19-28)23-12-14-26-15-13-23;/h1-9,12-15H,10-11,16-19H2;1H. The molecule has 5 nitrogen and oxygen atoms in total. The summed E-state index contributed by atoms with van der Waals surface area (Å²) in [5.74, 6) is 0.0667. The Balaban J connectivity index is 0.00000272. The van der Waals surface area contributed by atoms with Gasteiger partial charge in [-0.15, -0.1) is 12.4 Å². The first-order valence-electron chi connectivity index (χ1n) is 10.3. The molecule has 1 aliphatic heterocycles. The van der Waals surface area contributed by atoms with Gasteiger partial charge in [0.15, 0.2) is 5.78 Å². The van der Waals surface area contributed by atoms with Crippen LogP contribution < -0.4 is 4.90 Å². The summed E-state index contributed by atoms with van der Waals surface area (Å²) < 4.78 is 0. The Bertz CT molecular complexity index is 986. The first kappa shape index (κ1) is 22.5. The number of pyridine rings is 1. The van der Waals surface area contributed by atoms with Gasteiger partial charge in [-0.05, 0) is 23.3 Å². The molecule has 160 valence electrons. The molecule has 4 rings (SSSR count). The van der Waals surface area contributed by atoms with Gasteiger partial charge < -0.3 is 9.80 Å². The summed E-state index contributed by atoms with van der Waals surface area (Å²) in [7, 11) is 0. The number of piperazine rings is 1. The average Bonchev–Trinajstić information content (AvgIpc) is 2.83. The van der Waals surface area contributed by atoms with E-state index in [2.05, 4.69) is 9.88 Å². The molecule has 0 bridgehead atoms. The highest BCUT2D eigenvalue weighted by Gasteiger charge is 2.21. The molecular weight excluding hydrogens is 410 g/mol. The van der Waals surface area contributed by atoms with Gasteiger partial charge in [0.2, 0.25) is 5.91 Å². The molecule has 6 heteroatoms. The van der Waals surface area contributed by atoms with Crippen LogP contribution in [0.5, 0.6) is 0 Å². The molecule has 1 amide bonds. The number of carbonyl (C=O) groups is 2. The van der Waals surface area contributed by atoms with E-state index in [0.29, 0.717) is 18.7 Å².